The number of nitrogens with zero attached hydrogens (tertiary/aromatic N) is 2. The summed E-state index contributed by atoms with van der Waals surface area (Å²) in [5.41, 5.74) is 5.15. The number of hydrogen-bond acceptors (Lipinski definition) is 3. The zero-order chi connectivity index (χ0) is 11.8. The fourth-order valence-electron chi connectivity index (χ4n) is 1.66. The van der Waals surface area contributed by atoms with Crippen LogP contribution in [0.1, 0.15) is 32.0 Å². The molecule has 0 amide bonds. The van der Waals surface area contributed by atoms with Gasteiger partial charge in [-0.1, -0.05) is 26.8 Å². The molecule has 0 saturated heterocycles. The molecule has 2 aromatic heterocycles. The molecule has 86 valence electrons. The standard InChI is InChI=1S/C12H17N3O/c1-12(2,3)10-8-15-6-4-5-9(7-13-16)11(15)14-10/h4-6,8,13,16H,7H2,1-3H3. The monoisotopic (exact) mass is 219 g/mol. The lowest BCUT2D eigenvalue weighted by atomic mass is 9.93. The Morgan fingerprint density at radius 2 is 2.19 bits per heavy atom. The minimum atomic E-state index is 0.0376. The van der Waals surface area contributed by atoms with Crippen LogP contribution in [0.25, 0.3) is 5.65 Å². The van der Waals surface area contributed by atoms with E-state index in [0.717, 1.165) is 16.9 Å². The molecule has 0 spiro atoms. The van der Waals surface area contributed by atoms with Gasteiger partial charge >= 0.3 is 0 Å². The van der Waals surface area contributed by atoms with Crippen molar-refractivity contribution in [3.05, 3.63) is 35.8 Å². The van der Waals surface area contributed by atoms with Gasteiger partial charge in [-0.25, -0.2) is 10.5 Å². The number of nitrogens with one attached hydrogen (secondary N) is 1. The molecular weight excluding hydrogens is 202 g/mol. The van der Waals surface area contributed by atoms with E-state index in [-0.39, 0.29) is 5.41 Å². The second-order valence-corrected chi connectivity index (χ2v) is 4.98. The minimum absolute atomic E-state index is 0.0376. The van der Waals surface area contributed by atoms with E-state index in [1.165, 1.54) is 0 Å². The first-order valence-electron chi connectivity index (χ1n) is 5.36. The number of aromatic nitrogens is 2. The molecule has 0 saturated carbocycles. The molecule has 2 N–H and O–H groups in total. The third-order valence-corrected chi connectivity index (χ3v) is 2.60. The van der Waals surface area contributed by atoms with Gasteiger partial charge in [-0.15, -0.1) is 0 Å². The van der Waals surface area contributed by atoms with Crippen molar-refractivity contribution in [2.24, 2.45) is 0 Å². The highest BCUT2D eigenvalue weighted by molar-refractivity contribution is 5.49. The van der Waals surface area contributed by atoms with Crippen LogP contribution in [0.3, 0.4) is 0 Å². The van der Waals surface area contributed by atoms with E-state index >= 15 is 0 Å². The van der Waals surface area contributed by atoms with Crippen LogP contribution in [-0.2, 0) is 12.0 Å². The Kier molecular flexibility index (Phi) is 2.69. The van der Waals surface area contributed by atoms with E-state index in [1.54, 1.807) is 0 Å². The number of imidazole rings is 1. The predicted molar refractivity (Wildman–Crippen MR) is 62.5 cm³/mol. The zero-order valence-corrected chi connectivity index (χ0v) is 9.86. The molecule has 0 aromatic carbocycles. The van der Waals surface area contributed by atoms with Crippen LogP contribution in [0.15, 0.2) is 24.5 Å². The highest BCUT2D eigenvalue weighted by Gasteiger charge is 2.18. The molecular formula is C12H17N3O. The molecule has 2 heterocycles. The normalized spacial score (nSPS) is 12.2. The van der Waals surface area contributed by atoms with Gasteiger partial charge in [0.05, 0.1) is 5.69 Å². The van der Waals surface area contributed by atoms with Crippen LogP contribution < -0.4 is 5.48 Å². The fraction of sp³-hybridized carbons (Fsp3) is 0.417. The van der Waals surface area contributed by atoms with Gasteiger partial charge in [0.1, 0.15) is 5.65 Å². The van der Waals surface area contributed by atoms with E-state index in [4.69, 9.17) is 5.21 Å². The summed E-state index contributed by atoms with van der Waals surface area (Å²) >= 11 is 0. The van der Waals surface area contributed by atoms with Crippen molar-refractivity contribution < 1.29 is 5.21 Å². The smallest absolute Gasteiger partial charge is 0.141 e. The summed E-state index contributed by atoms with van der Waals surface area (Å²) in [4.78, 5) is 4.61. The SMILES string of the molecule is CC(C)(C)c1cn2cccc(CNO)c2n1. The summed E-state index contributed by atoms with van der Waals surface area (Å²) in [5, 5.41) is 8.76. The van der Waals surface area contributed by atoms with Gasteiger partial charge in [0.2, 0.25) is 0 Å². The Balaban J connectivity index is 2.57. The first-order valence-corrected chi connectivity index (χ1v) is 5.36. The van der Waals surface area contributed by atoms with E-state index in [0.29, 0.717) is 6.54 Å². The molecule has 2 rings (SSSR count). The number of hydrogen-bond donors (Lipinski definition) is 2. The lowest BCUT2D eigenvalue weighted by Crippen LogP contribution is -2.11. The number of hydroxylamine groups is 1. The molecule has 0 aliphatic heterocycles. The Morgan fingerprint density at radius 1 is 1.44 bits per heavy atom. The summed E-state index contributed by atoms with van der Waals surface area (Å²) in [6.07, 6.45) is 4.01. The van der Waals surface area contributed by atoms with Crippen molar-refractivity contribution in [2.45, 2.75) is 32.7 Å². The van der Waals surface area contributed by atoms with Crippen molar-refractivity contribution in [2.75, 3.05) is 0 Å². The Bertz CT molecular complexity index is 496. The molecule has 16 heavy (non-hydrogen) atoms. The minimum Gasteiger partial charge on any atom is -0.316 e. The van der Waals surface area contributed by atoms with Crippen molar-refractivity contribution in [1.29, 1.82) is 0 Å². The maximum atomic E-state index is 8.76. The molecule has 0 atom stereocenters. The fourth-order valence-corrected chi connectivity index (χ4v) is 1.66. The quantitative estimate of drug-likeness (QED) is 0.760. The highest BCUT2D eigenvalue weighted by atomic mass is 16.5. The molecule has 0 aliphatic rings. The molecule has 0 fully saturated rings. The summed E-state index contributed by atoms with van der Waals surface area (Å²) in [6, 6.07) is 3.91. The molecule has 2 aromatic rings. The largest absolute Gasteiger partial charge is 0.316 e. The molecule has 0 bridgehead atoms. The first kappa shape index (κ1) is 11.1. The lowest BCUT2D eigenvalue weighted by Gasteiger charge is -2.13. The van der Waals surface area contributed by atoms with E-state index in [1.807, 2.05) is 28.9 Å². The summed E-state index contributed by atoms with van der Waals surface area (Å²) in [6.45, 7) is 6.82. The van der Waals surface area contributed by atoms with Gasteiger partial charge < -0.3 is 9.61 Å². The van der Waals surface area contributed by atoms with Crippen LogP contribution in [-0.4, -0.2) is 14.6 Å². The van der Waals surface area contributed by atoms with E-state index in [2.05, 4.69) is 31.2 Å². The van der Waals surface area contributed by atoms with Crippen LogP contribution in [0.2, 0.25) is 0 Å². The Morgan fingerprint density at radius 3 is 2.81 bits per heavy atom. The van der Waals surface area contributed by atoms with Crippen LogP contribution >= 0.6 is 0 Å². The van der Waals surface area contributed by atoms with E-state index < -0.39 is 0 Å². The van der Waals surface area contributed by atoms with Crippen LogP contribution in [0.5, 0.6) is 0 Å². The van der Waals surface area contributed by atoms with Crippen molar-refractivity contribution >= 4 is 5.65 Å². The third kappa shape index (κ3) is 1.94. The van der Waals surface area contributed by atoms with Crippen molar-refractivity contribution in [3.8, 4) is 0 Å². The third-order valence-electron chi connectivity index (χ3n) is 2.60. The van der Waals surface area contributed by atoms with Crippen LogP contribution in [0, 0.1) is 0 Å². The van der Waals surface area contributed by atoms with Gasteiger partial charge in [0.15, 0.2) is 0 Å². The average Bonchev–Trinajstić information content (AvgIpc) is 2.62. The number of fused-ring (bicyclic) bond motifs is 1. The maximum Gasteiger partial charge on any atom is 0.141 e. The molecule has 0 aliphatic carbocycles. The lowest BCUT2D eigenvalue weighted by molar-refractivity contribution is 0.161. The molecule has 4 heteroatoms. The van der Waals surface area contributed by atoms with Crippen LogP contribution in [0.4, 0.5) is 0 Å². The number of rotatable bonds is 2. The maximum absolute atomic E-state index is 8.76. The highest BCUT2D eigenvalue weighted by Crippen LogP contribution is 2.22. The topological polar surface area (TPSA) is 49.6 Å². The van der Waals surface area contributed by atoms with Gasteiger partial charge in [-0.2, -0.15) is 0 Å². The molecule has 4 nitrogen and oxygen atoms in total. The van der Waals surface area contributed by atoms with E-state index in [9.17, 15) is 0 Å². The summed E-state index contributed by atoms with van der Waals surface area (Å²) in [5.74, 6) is 0. The van der Waals surface area contributed by atoms with Crippen molar-refractivity contribution in [1.82, 2.24) is 14.9 Å². The van der Waals surface area contributed by atoms with Crippen molar-refractivity contribution in [3.63, 3.8) is 0 Å². The molecule has 0 radical (unpaired) electrons. The second-order valence-electron chi connectivity index (χ2n) is 4.98. The summed E-state index contributed by atoms with van der Waals surface area (Å²) < 4.78 is 1.99. The Hall–Kier alpha value is -1.39. The van der Waals surface area contributed by atoms with Gasteiger partial charge in [-0.3, -0.25) is 0 Å². The number of pyridine rings is 1. The van der Waals surface area contributed by atoms with Gasteiger partial charge in [0, 0.05) is 29.9 Å². The predicted octanol–water partition coefficient (Wildman–Crippen LogP) is 2.11. The van der Waals surface area contributed by atoms with Gasteiger partial charge in [0.25, 0.3) is 0 Å². The zero-order valence-electron chi connectivity index (χ0n) is 9.86. The van der Waals surface area contributed by atoms with Gasteiger partial charge in [-0.05, 0) is 6.07 Å². The Labute approximate surface area is 94.9 Å². The second kappa shape index (κ2) is 3.88. The molecule has 0 unspecified atom stereocenters. The first-order chi connectivity index (χ1) is 7.52. The average molecular weight is 219 g/mol. The summed E-state index contributed by atoms with van der Waals surface area (Å²) in [7, 11) is 0.